The van der Waals surface area contributed by atoms with E-state index in [1.54, 1.807) is 0 Å². The van der Waals surface area contributed by atoms with Gasteiger partial charge >= 0.3 is 0 Å². The summed E-state index contributed by atoms with van der Waals surface area (Å²) in [5.41, 5.74) is 8.18. The molecule has 4 N–H and O–H groups in total. The summed E-state index contributed by atoms with van der Waals surface area (Å²) < 4.78 is 1.08. The van der Waals surface area contributed by atoms with Crippen LogP contribution in [0.2, 0.25) is 0 Å². The molecule has 1 aromatic carbocycles. The molecule has 1 saturated heterocycles. The van der Waals surface area contributed by atoms with Gasteiger partial charge in [-0.1, -0.05) is 22.0 Å². The molecule has 100 valence electrons. The second-order valence-corrected chi connectivity index (χ2v) is 6.50. The van der Waals surface area contributed by atoms with Crippen molar-refractivity contribution in [1.29, 1.82) is 0 Å². The molecule has 1 aliphatic rings. The lowest BCUT2D eigenvalue weighted by molar-refractivity contribution is 0.554. The second-order valence-electron chi connectivity index (χ2n) is 5.59. The first-order valence-corrected chi connectivity index (χ1v) is 7.32. The Morgan fingerprint density at radius 3 is 2.89 bits per heavy atom. The van der Waals surface area contributed by atoms with Crippen molar-refractivity contribution in [2.24, 2.45) is 5.73 Å². The van der Waals surface area contributed by atoms with E-state index in [9.17, 15) is 0 Å². The fourth-order valence-electron chi connectivity index (χ4n) is 2.39. The van der Waals surface area contributed by atoms with E-state index in [4.69, 9.17) is 5.73 Å². The number of hydrogen-bond donors (Lipinski definition) is 3. The summed E-state index contributed by atoms with van der Waals surface area (Å²) in [6.45, 7) is 6.17. The molecule has 1 aromatic rings. The number of rotatable bonds is 4. The van der Waals surface area contributed by atoms with Crippen molar-refractivity contribution in [1.82, 2.24) is 5.32 Å². The zero-order chi connectivity index (χ0) is 13.2. The molecular weight excluding hydrogens is 290 g/mol. The van der Waals surface area contributed by atoms with E-state index in [2.05, 4.69) is 38.7 Å². The van der Waals surface area contributed by atoms with Gasteiger partial charge in [-0.15, -0.1) is 0 Å². The minimum atomic E-state index is -0.327. The molecule has 0 aliphatic carbocycles. The molecular formula is C14H22BrN3. The van der Waals surface area contributed by atoms with Gasteiger partial charge in [0.15, 0.2) is 0 Å². The number of nitrogens with two attached hydrogens (primary N) is 1. The van der Waals surface area contributed by atoms with E-state index in [0.29, 0.717) is 6.04 Å². The van der Waals surface area contributed by atoms with Gasteiger partial charge in [0, 0.05) is 28.3 Å². The minimum Gasteiger partial charge on any atom is -0.383 e. The van der Waals surface area contributed by atoms with Gasteiger partial charge in [-0.2, -0.15) is 0 Å². The molecule has 1 fully saturated rings. The van der Waals surface area contributed by atoms with Crippen LogP contribution in [0, 0.1) is 0 Å². The lowest BCUT2D eigenvalue weighted by Crippen LogP contribution is -2.32. The Morgan fingerprint density at radius 1 is 1.50 bits per heavy atom. The third-order valence-electron chi connectivity index (χ3n) is 3.38. The Morgan fingerprint density at radius 2 is 2.28 bits per heavy atom. The molecule has 4 heteroatoms. The lowest BCUT2D eigenvalue weighted by Gasteiger charge is -2.24. The van der Waals surface area contributed by atoms with Crippen LogP contribution in [-0.2, 0) is 5.54 Å². The Balaban J connectivity index is 2.12. The van der Waals surface area contributed by atoms with Crippen LogP contribution in [0.3, 0.4) is 0 Å². The third kappa shape index (κ3) is 3.46. The highest BCUT2D eigenvalue weighted by Gasteiger charge is 2.20. The van der Waals surface area contributed by atoms with Crippen molar-refractivity contribution in [3.8, 4) is 0 Å². The first kappa shape index (κ1) is 13.8. The van der Waals surface area contributed by atoms with Crippen molar-refractivity contribution in [2.75, 3.05) is 18.4 Å². The zero-order valence-electron chi connectivity index (χ0n) is 11.1. The Kier molecular flexibility index (Phi) is 4.30. The smallest absolute Gasteiger partial charge is 0.0403 e. The van der Waals surface area contributed by atoms with Crippen LogP contribution in [0.1, 0.15) is 32.3 Å². The van der Waals surface area contributed by atoms with Crippen molar-refractivity contribution in [2.45, 2.75) is 38.3 Å². The third-order valence-corrected chi connectivity index (χ3v) is 3.87. The highest BCUT2D eigenvalue weighted by molar-refractivity contribution is 9.10. The number of halogens is 1. The molecule has 0 unspecified atom stereocenters. The van der Waals surface area contributed by atoms with E-state index in [1.165, 1.54) is 12.8 Å². The molecule has 0 saturated carbocycles. The molecule has 0 radical (unpaired) electrons. The summed E-state index contributed by atoms with van der Waals surface area (Å²) in [4.78, 5) is 0. The maximum atomic E-state index is 6.22. The average molecular weight is 312 g/mol. The molecule has 0 amide bonds. The van der Waals surface area contributed by atoms with Crippen LogP contribution in [0.5, 0.6) is 0 Å². The van der Waals surface area contributed by atoms with Crippen molar-refractivity contribution >= 4 is 21.6 Å². The topological polar surface area (TPSA) is 50.1 Å². The largest absolute Gasteiger partial charge is 0.383 e. The fraction of sp³-hybridized carbons (Fsp3) is 0.571. The highest BCUT2D eigenvalue weighted by atomic mass is 79.9. The van der Waals surface area contributed by atoms with Gasteiger partial charge in [-0.3, -0.25) is 0 Å². The van der Waals surface area contributed by atoms with E-state index >= 15 is 0 Å². The molecule has 3 nitrogen and oxygen atoms in total. The van der Waals surface area contributed by atoms with E-state index in [0.717, 1.165) is 28.8 Å². The van der Waals surface area contributed by atoms with Crippen molar-refractivity contribution in [3.63, 3.8) is 0 Å². The van der Waals surface area contributed by atoms with Gasteiger partial charge in [0.25, 0.3) is 0 Å². The monoisotopic (exact) mass is 311 g/mol. The van der Waals surface area contributed by atoms with Gasteiger partial charge in [0.05, 0.1) is 0 Å². The van der Waals surface area contributed by atoms with Gasteiger partial charge in [-0.05, 0) is 50.9 Å². The van der Waals surface area contributed by atoms with Gasteiger partial charge < -0.3 is 16.4 Å². The number of benzene rings is 1. The van der Waals surface area contributed by atoms with Gasteiger partial charge in [0.1, 0.15) is 0 Å². The summed E-state index contributed by atoms with van der Waals surface area (Å²) in [7, 11) is 0. The molecule has 1 atom stereocenters. The normalized spacial score (nSPS) is 20.1. The summed E-state index contributed by atoms with van der Waals surface area (Å²) in [5, 5.41) is 7.02. The maximum Gasteiger partial charge on any atom is 0.0403 e. The Hall–Kier alpha value is -0.580. The summed E-state index contributed by atoms with van der Waals surface area (Å²) in [6.07, 6.45) is 2.53. The lowest BCUT2D eigenvalue weighted by atomic mass is 9.94. The SMILES string of the molecule is CC(C)(N)c1ccc(Br)cc1NC[C@@H]1CCCN1. The highest BCUT2D eigenvalue weighted by Crippen LogP contribution is 2.29. The molecule has 2 rings (SSSR count). The average Bonchev–Trinajstić information content (AvgIpc) is 2.77. The second kappa shape index (κ2) is 5.59. The van der Waals surface area contributed by atoms with Crippen LogP contribution in [0.4, 0.5) is 5.69 Å². The van der Waals surface area contributed by atoms with Gasteiger partial charge in [0.2, 0.25) is 0 Å². The first-order chi connectivity index (χ1) is 8.47. The van der Waals surface area contributed by atoms with E-state index < -0.39 is 0 Å². The summed E-state index contributed by atoms with van der Waals surface area (Å²) in [5.74, 6) is 0. The standard InChI is InChI=1S/C14H22BrN3/c1-14(2,16)12-6-5-10(15)8-13(12)18-9-11-4-3-7-17-11/h5-6,8,11,17-18H,3-4,7,9,16H2,1-2H3/t11-/m0/s1. The zero-order valence-corrected chi connectivity index (χ0v) is 12.7. The Labute approximate surface area is 118 Å². The van der Waals surface area contributed by atoms with Crippen LogP contribution in [0.15, 0.2) is 22.7 Å². The van der Waals surface area contributed by atoms with E-state index in [-0.39, 0.29) is 5.54 Å². The summed E-state index contributed by atoms with van der Waals surface area (Å²) in [6, 6.07) is 6.83. The predicted molar refractivity (Wildman–Crippen MR) is 80.9 cm³/mol. The molecule has 18 heavy (non-hydrogen) atoms. The van der Waals surface area contributed by atoms with Crippen molar-refractivity contribution in [3.05, 3.63) is 28.2 Å². The molecule has 0 aromatic heterocycles. The summed E-state index contributed by atoms with van der Waals surface area (Å²) >= 11 is 3.52. The van der Waals surface area contributed by atoms with Crippen LogP contribution < -0.4 is 16.4 Å². The molecule has 1 aliphatic heterocycles. The predicted octanol–water partition coefficient (Wildman–Crippen LogP) is 2.81. The van der Waals surface area contributed by atoms with Crippen LogP contribution in [-0.4, -0.2) is 19.1 Å². The van der Waals surface area contributed by atoms with Crippen LogP contribution >= 0.6 is 15.9 Å². The molecule has 0 spiro atoms. The number of nitrogens with one attached hydrogen (secondary N) is 2. The number of anilines is 1. The van der Waals surface area contributed by atoms with E-state index in [1.807, 2.05) is 19.9 Å². The van der Waals surface area contributed by atoms with Crippen molar-refractivity contribution < 1.29 is 0 Å². The quantitative estimate of drug-likeness (QED) is 0.801. The maximum absolute atomic E-state index is 6.22. The van der Waals surface area contributed by atoms with Gasteiger partial charge in [-0.25, -0.2) is 0 Å². The van der Waals surface area contributed by atoms with Crippen LogP contribution in [0.25, 0.3) is 0 Å². The minimum absolute atomic E-state index is 0.327. The number of hydrogen-bond acceptors (Lipinski definition) is 3. The molecule has 0 bridgehead atoms. The molecule has 1 heterocycles. The Bertz CT molecular complexity index is 406. The fourth-order valence-corrected chi connectivity index (χ4v) is 2.75. The first-order valence-electron chi connectivity index (χ1n) is 6.53.